The van der Waals surface area contributed by atoms with Gasteiger partial charge in [0, 0.05) is 10.7 Å². The van der Waals surface area contributed by atoms with Gasteiger partial charge in [-0.2, -0.15) is 0 Å². The standard InChI is InChI=1S/C12H17BrN2/c1-4-7-14-11(9(2)3)12-10(13)6-5-8-15-12/h5-6,8,11,14H,2,4,7H2,1,3H3. The zero-order valence-corrected chi connectivity index (χ0v) is 10.8. The lowest BCUT2D eigenvalue weighted by atomic mass is 10.1. The molecule has 0 saturated heterocycles. The van der Waals surface area contributed by atoms with Crippen molar-refractivity contribution in [2.24, 2.45) is 0 Å². The number of aromatic nitrogens is 1. The zero-order chi connectivity index (χ0) is 11.3. The van der Waals surface area contributed by atoms with E-state index in [0.29, 0.717) is 0 Å². The Morgan fingerprint density at radius 2 is 2.40 bits per heavy atom. The molecule has 3 heteroatoms. The fourth-order valence-corrected chi connectivity index (χ4v) is 1.89. The molecule has 1 atom stereocenters. The second kappa shape index (κ2) is 6.03. The van der Waals surface area contributed by atoms with Crippen molar-refractivity contribution < 1.29 is 0 Å². The summed E-state index contributed by atoms with van der Waals surface area (Å²) in [6, 6.07) is 4.06. The van der Waals surface area contributed by atoms with E-state index in [1.54, 1.807) is 0 Å². The van der Waals surface area contributed by atoms with Crippen LogP contribution in [-0.4, -0.2) is 11.5 Å². The lowest BCUT2D eigenvalue weighted by Gasteiger charge is -2.19. The van der Waals surface area contributed by atoms with Gasteiger partial charge in [-0.05, 0) is 48.0 Å². The Kier molecular flexibility index (Phi) is 4.99. The minimum atomic E-state index is 0.139. The Balaban J connectivity index is 2.89. The summed E-state index contributed by atoms with van der Waals surface area (Å²) in [6.45, 7) is 9.15. The third-order valence-corrected chi connectivity index (χ3v) is 2.82. The normalized spacial score (nSPS) is 12.5. The number of nitrogens with zero attached hydrogens (tertiary/aromatic N) is 1. The van der Waals surface area contributed by atoms with Gasteiger partial charge in [-0.1, -0.05) is 19.1 Å². The number of pyridine rings is 1. The summed E-state index contributed by atoms with van der Waals surface area (Å²) in [5.74, 6) is 0. The van der Waals surface area contributed by atoms with Crippen LogP contribution in [0.25, 0.3) is 0 Å². The van der Waals surface area contributed by atoms with Crippen molar-refractivity contribution in [2.75, 3.05) is 6.54 Å². The number of hydrogen-bond donors (Lipinski definition) is 1. The highest BCUT2D eigenvalue weighted by Crippen LogP contribution is 2.25. The molecule has 0 aliphatic heterocycles. The molecule has 0 fully saturated rings. The summed E-state index contributed by atoms with van der Waals surface area (Å²) in [4.78, 5) is 4.38. The largest absolute Gasteiger partial charge is 0.305 e. The fourth-order valence-electron chi connectivity index (χ4n) is 1.40. The maximum absolute atomic E-state index is 4.38. The lowest BCUT2D eigenvalue weighted by Crippen LogP contribution is -2.24. The van der Waals surface area contributed by atoms with E-state index in [0.717, 1.165) is 28.7 Å². The fraction of sp³-hybridized carbons (Fsp3) is 0.417. The zero-order valence-electron chi connectivity index (χ0n) is 9.26. The summed E-state index contributed by atoms with van der Waals surface area (Å²) in [7, 11) is 0. The van der Waals surface area contributed by atoms with Crippen molar-refractivity contribution in [3.63, 3.8) is 0 Å². The summed E-state index contributed by atoms with van der Waals surface area (Å²) in [5.41, 5.74) is 2.10. The number of halogens is 1. The molecule has 0 aliphatic carbocycles. The van der Waals surface area contributed by atoms with Crippen LogP contribution in [0.5, 0.6) is 0 Å². The van der Waals surface area contributed by atoms with Gasteiger partial charge in [0.15, 0.2) is 0 Å². The molecule has 0 bridgehead atoms. The predicted octanol–water partition coefficient (Wildman–Crippen LogP) is 3.46. The van der Waals surface area contributed by atoms with E-state index >= 15 is 0 Å². The predicted molar refractivity (Wildman–Crippen MR) is 67.8 cm³/mol. The Morgan fingerprint density at radius 3 is 2.93 bits per heavy atom. The van der Waals surface area contributed by atoms with Gasteiger partial charge in [0.05, 0.1) is 11.7 Å². The van der Waals surface area contributed by atoms with Gasteiger partial charge < -0.3 is 5.32 Å². The van der Waals surface area contributed by atoms with E-state index in [-0.39, 0.29) is 6.04 Å². The van der Waals surface area contributed by atoms with Gasteiger partial charge in [-0.25, -0.2) is 0 Å². The Hall–Kier alpha value is -0.670. The Bertz CT molecular complexity index is 336. The molecule has 15 heavy (non-hydrogen) atoms. The quantitative estimate of drug-likeness (QED) is 0.828. The molecular weight excluding hydrogens is 252 g/mol. The molecule has 1 aromatic rings. The van der Waals surface area contributed by atoms with Crippen LogP contribution >= 0.6 is 15.9 Å². The van der Waals surface area contributed by atoms with Crippen molar-refractivity contribution in [2.45, 2.75) is 26.3 Å². The maximum atomic E-state index is 4.38. The van der Waals surface area contributed by atoms with Gasteiger partial charge in [-0.15, -0.1) is 0 Å². The first-order valence-electron chi connectivity index (χ1n) is 5.16. The second-order valence-electron chi connectivity index (χ2n) is 3.60. The highest BCUT2D eigenvalue weighted by atomic mass is 79.9. The molecule has 1 unspecified atom stereocenters. The third-order valence-electron chi connectivity index (χ3n) is 2.15. The molecule has 1 rings (SSSR count). The molecule has 1 aromatic heterocycles. The maximum Gasteiger partial charge on any atom is 0.0756 e. The van der Waals surface area contributed by atoms with Crippen LogP contribution in [0.3, 0.4) is 0 Å². The summed E-state index contributed by atoms with van der Waals surface area (Å²) < 4.78 is 1.03. The first kappa shape index (κ1) is 12.4. The first-order valence-corrected chi connectivity index (χ1v) is 5.95. The second-order valence-corrected chi connectivity index (χ2v) is 4.46. The van der Waals surface area contributed by atoms with Gasteiger partial charge >= 0.3 is 0 Å². The molecule has 0 radical (unpaired) electrons. The van der Waals surface area contributed by atoms with E-state index in [4.69, 9.17) is 0 Å². The van der Waals surface area contributed by atoms with Crippen molar-refractivity contribution in [3.05, 3.63) is 40.6 Å². The molecule has 0 spiro atoms. The SMILES string of the molecule is C=C(C)C(NCCC)c1ncccc1Br. The molecule has 0 aromatic carbocycles. The van der Waals surface area contributed by atoms with E-state index in [2.05, 4.69) is 39.7 Å². The van der Waals surface area contributed by atoms with E-state index in [1.165, 1.54) is 0 Å². The van der Waals surface area contributed by atoms with Crippen LogP contribution in [0.2, 0.25) is 0 Å². The topological polar surface area (TPSA) is 24.9 Å². The lowest BCUT2D eigenvalue weighted by molar-refractivity contribution is 0.577. The van der Waals surface area contributed by atoms with Crippen LogP contribution in [0, 0.1) is 0 Å². The molecule has 0 amide bonds. The van der Waals surface area contributed by atoms with Gasteiger partial charge in [-0.3, -0.25) is 4.98 Å². The van der Waals surface area contributed by atoms with Crippen molar-refractivity contribution in [3.8, 4) is 0 Å². The monoisotopic (exact) mass is 268 g/mol. The van der Waals surface area contributed by atoms with Crippen LogP contribution in [-0.2, 0) is 0 Å². The summed E-state index contributed by atoms with van der Waals surface area (Å²) >= 11 is 3.51. The molecule has 0 aliphatic rings. The van der Waals surface area contributed by atoms with Crippen LogP contribution in [0.1, 0.15) is 32.0 Å². The van der Waals surface area contributed by atoms with Crippen LogP contribution < -0.4 is 5.32 Å². The van der Waals surface area contributed by atoms with Gasteiger partial charge in [0.1, 0.15) is 0 Å². The van der Waals surface area contributed by atoms with E-state index in [9.17, 15) is 0 Å². The molecule has 0 saturated carbocycles. The molecule has 82 valence electrons. The average Bonchev–Trinajstić information content (AvgIpc) is 2.20. The van der Waals surface area contributed by atoms with E-state index < -0.39 is 0 Å². The third kappa shape index (κ3) is 3.43. The Morgan fingerprint density at radius 1 is 1.67 bits per heavy atom. The van der Waals surface area contributed by atoms with Crippen molar-refractivity contribution in [1.29, 1.82) is 0 Å². The number of nitrogens with one attached hydrogen (secondary N) is 1. The smallest absolute Gasteiger partial charge is 0.0756 e. The summed E-state index contributed by atoms with van der Waals surface area (Å²) in [6.07, 6.45) is 2.91. The minimum absolute atomic E-state index is 0.139. The summed E-state index contributed by atoms with van der Waals surface area (Å²) in [5, 5.41) is 3.43. The molecular formula is C12H17BrN2. The number of rotatable bonds is 5. The van der Waals surface area contributed by atoms with Gasteiger partial charge in [0.25, 0.3) is 0 Å². The molecule has 1 N–H and O–H groups in total. The van der Waals surface area contributed by atoms with Gasteiger partial charge in [0.2, 0.25) is 0 Å². The molecule has 1 heterocycles. The highest BCUT2D eigenvalue weighted by molar-refractivity contribution is 9.10. The average molecular weight is 269 g/mol. The minimum Gasteiger partial charge on any atom is -0.305 e. The van der Waals surface area contributed by atoms with Crippen molar-refractivity contribution in [1.82, 2.24) is 10.3 Å². The van der Waals surface area contributed by atoms with Crippen LogP contribution in [0.15, 0.2) is 35.0 Å². The Labute approximate surface area is 99.9 Å². The van der Waals surface area contributed by atoms with E-state index in [1.807, 2.05) is 25.3 Å². The van der Waals surface area contributed by atoms with Crippen molar-refractivity contribution >= 4 is 15.9 Å². The number of hydrogen-bond acceptors (Lipinski definition) is 2. The van der Waals surface area contributed by atoms with Crippen LogP contribution in [0.4, 0.5) is 0 Å². The highest BCUT2D eigenvalue weighted by Gasteiger charge is 2.15. The molecule has 2 nitrogen and oxygen atoms in total. The first-order chi connectivity index (χ1) is 7.16.